The van der Waals surface area contributed by atoms with Crippen LogP contribution >= 0.6 is 0 Å². The van der Waals surface area contributed by atoms with Crippen molar-refractivity contribution < 1.29 is 9.90 Å². The fourth-order valence-corrected chi connectivity index (χ4v) is 2.62. The maximum absolute atomic E-state index is 11.5. The molecule has 0 unspecified atom stereocenters. The highest BCUT2D eigenvalue weighted by atomic mass is 16.3. The van der Waals surface area contributed by atoms with Gasteiger partial charge in [-0.25, -0.2) is 4.98 Å². The summed E-state index contributed by atoms with van der Waals surface area (Å²) in [5.41, 5.74) is 0.886. The molecular formula is C16H26N4O2. The number of rotatable bonds is 6. The maximum atomic E-state index is 11.5. The molecule has 2 heterocycles. The molecule has 22 heavy (non-hydrogen) atoms. The van der Waals surface area contributed by atoms with Gasteiger partial charge in [-0.05, 0) is 19.1 Å². The topological polar surface area (TPSA) is 68.7 Å². The monoisotopic (exact) mass is 306 g/mol. The van der Waals surface area contributed by atoms with Crippen LogP contribution in [0.3, 0.4) is 0 Å². The molecule has 0 radical (unpaired) electrons. The summed E-state index contributed by atoms with van der Waals surface area (Å²) in [6, 6.07) is 5.88. The number of pyridine rings is 1. The second-order valence-electron chi connectivity index (χ2n) is 5.62. The van der Waals surface area contributed by atoms with Crippen LogP contribution in [-0.2, 0) is 4.79 Å². The van der Waals surface area contributed by atoms with Crippen molar-refractivity contribution in [1.82, 2.24) is 15.2 Å². The van der Waals surface area contributed by atoms with Crippen molar-refractivity contribution in [3.05, 3.63) is 23.9 Å². The molecule has 0 saturated carbocycles. The number of aromatic nitrogens is 1. The summed E-state index contributed by atoms with van der Waals surface area (Å²) in [5, 5.41) is 11.9. The highest BCUT2D eigenvalue weighted by Crippen LogP contribution is 2.17. The zero-order valence-corrected chi connectivity index (χ0v) is 13.5. The largest absolute Gasteiger partial charge is 0.395 e. The molecule has 2 N–H and O–H groups in total. The lowest BCUT2D eigenvalue weighted by atomic mass is 10.2. The smallest absolute Gasteiger partial charge is 0.220 e. The third-order valence-corrected chi connectivity index (χ3v) is 4.01. The van der Waals surface area contributed by atoms with Crippen LogP contribution < -0.4 is 10.2 Å². The Kier molecular flexibility index (Phi) is 6.15. The molecule has 0 aromatic carbocycles. The first-order chi connectivity index (χ1) is 10.6. The molecular weight excluding hydrogens is 280 g/mol. The fraction of sp³-hybridized carbons (Fsp3) is 0.625. The second-order valence-corrected chi connectivity index (χ2v) is 5.62. The summed E-state index contributed by atoms with van der Waals surface area (Å²) in [7, 11) is 0. The summed E-state index contributed by atoms with van der Waals surface area (Å²) in [5.74, 6) is 0.996. The van der Waals surface area contributed by atoms with Gasteiger partial charge in [0, 0.05) is 39.1 Å². The average Bonchev–Trinajstić information content (AvgIpc) is 2.56. The third-order valence-electron chi connectivity index (χ3n) is 4.01. The fourth-order valence-electron chi connectivity index (χ4n) is 2.62. The molecule has 1 aliphatic heterocycles. The molecule has 1 aromatic rings. The number of nitrogens with zero attached hydrogens (tertiary/aromatic N) is 3. The third kappa shape index (κ3) is 4.42. The number of hydrogen-bond acceptors (Lipinski definition) is 5. The number of aliphatic hydroxyl groups is 1. The van der Waals surface area contributed by atoms with E-state index in [-0.39, 0.29) is 18.6 Å². The summed E-state index contributed by atoms with van der Waals surface area (Å²) in [6.07, 6.45) is 0.483. The minimum atomic E-state index is -0.0805. The first kappa shape index (κ1) is 16.7. The minimum Gasteiger partial charge on any atom is -0.395 e. The normalized spacial score (nSPS) is 17.3. The van der Waals surface area contributed by atoms with Crippen LogP contribution in [0, 0.1) is 0 Å². The molecule has 6 heteroatoms. The molecule has 1 aliphatic rings. The summed E-state index contributed by atoms with van der Waals surface area (Å²) >= 11 is 0. The van der Waals surface area contributed by atoms with Gasteiger partial charge < -0.3 is 15.3 Å². The highest BCUT2D eigenvalue weighted by Gasteiger charge is 2.18. The minimum absolute atomic E-state index is 0.0392. The Morgan fingerprint density at radius 1 is 1.36 bits per heavy atom. The summed E-state index contributed by atoms with van der Waals surface area (Å²) in [6.45, 7) is 8.45. The van der Waals surface area contributed by atoms with Gasteiger partial charge in [0.25, 0.3) is 0 Å². The number of anilines is 1. The Morgan fingerprint density at radius 2 is 2.09 bits per heavy atom. The van der Waals surface area contributed by atoms with Crippen LogP contribution in [0.4, 0.5) is 5.82 Å². The molecule has 0 aliphatic carbocycles. The Labute approximate surface area is 132 Å². The molecule has 1 amide bonds. The number of hydrogen-bond donors (Lipinski definition) is 2. The van der Waals surface area contributed by atoms with Gasteiger partial charge in [-0.2, -0.15) is 0 Å². The van der Waals surface area contributed by atoms with Crippen molar-refractivity contribution >= 4 is 11.7 Å². The lowest BCUT2D eigenvalue weighted by Gasteiger charge is -2.35. The Balaban J connectivity index is 1.98. The molecule has 6 nitrogen and oxygen atoms in total. The van der Waals surface area contributed by atoms with E-state index in [0.29, 0.717) is 6.42 Å². The van der Waals surface area contributed by atoms with E-state index in [1.165, 1.54) is 0 Å². The van der Waals surface area contributed by atoms with Gasteiger partial charge in [-0.3, -0.25) is 9.69 Å². The van der Waals surface area contributed by atoms with Crippen LogP contribution in [0.15, 0.2) is 18.2 Å². The van der Waals surface area contributed by atoms with Crippen LogP contribution in [0.25, 0.3) is 0 Å². The SMILES string of the molecule is CCC(=O)N[C@H](C)c1cccc(N2CCN(CCO)CC2)n1. The van der Waals surface area contributed by atoms with Crippen molar-refractivity contribution in [2.24, 2.45) is 0 Å². The van der Waals surface area contributed by atoms with Gasteiger partial charge in [-0.15, -0.1) is 0 Å². The predicted molar refractivity (Wildman–Crippen MR) is 86.8 cm³/mol. The van der Waals surface area contributed by atoms with Gasteiger partial charge in [0.1, 0.15) is 5.82 Å². The van der Waals surface area contributed by atoms with Crippen LogP contribution in [0.5, 0.6) is 0 Å². The van der Waals surface area contributed by atoms with Crippen molar-refractivity contribution in [3.8, 4) is 0 Å². The van der Waals surface area contributed by atoms with Crippen molar-refractivity contribution in [3.63, 3.8) is 0 Å². The Morgan fingerprint density at radius 3 is 2.73 bits per heavy atom. The van der Waals surface area contributed by atoms with E-state index in [4.69, 9.17) is 10.1 Å². The van der Waals surface area contributed by atoms with E-state index in [1.807, 2.05) is 32.0 Å². The zero-order chi connectivity index (χ0) is 15.9. The van der Waals surface area contributed by atoms with Crippen molar-refractivity contribution in [2.45, 2.75) is 26.3 Å². The van der Waals surface area contributed by atoms with E-state index in [2.05, 4.69) is 15.1 Å². The number of β-amino-alcohol motifs (C(OH)–C–C–N with tert-alkyl or cyclic N) is 1. The van der Waals surface area contributed by atoms with Crippen LogP contribution in [0.2, 0.25) is 0 Å². The Bertz CT molecular complexity index is 487. The van der Waals surface area contributed by atoms with Crippen molar-refractivity contribution in [2.75, 3.05) is 44.2 Å². The number of amides is 1. The summed E-state index contributed by atoms with van der Waals surface area (Å²) < 4.78 is 0. The van der Waals surface area contributed by atoms with Gasteiger partial charge in [-0.1, -0.05) is 13.0 Å². The first-order valence-electron chi connectivity index (χ1n) is 7.98. The van der Waals surface area contributed by atoms with Crippen molar-refractivity contribution in [1.29, 1.82) is 0 Å². The van der Waals surface area contributed by atoms with E-state index >= 15 is 0 Å². The second kappa shape index (κ2) is 8.10. The molecule has 1 fully saturated rings. The van der Waals surface area contributed by atoms with Gasteiger partial charge in [0.05, 0.1) is 18.3 Å². The van der Waals surface area contributed by atoms with Crippen LogP contribution in [0.1, 0.15) is 32.0 Å². The molecule has 1 atom stereocenters. The number of carbonyl (C=O) groups excluding carboxylic acids is 1. The highest BCUT2D eigenvalue weighted by molar-refractivity contribution is 5.75. The quantitative estimate of drug-likeness (QED) is 0.813. The van der Waals surface area contributed by atoms with E-state index in [1.54, 1.807) is 0 Å². The molecule has 122 valence electrons. The molecule has 2 rings (SSSR count). The first-order valence-corrected chi connectivity index (χ1v) is 7.98. The Hall–Kier alpha value is -1.66. The van der Waals surface area contributed by atoms with Crippen LogP contribution in [-0.4, -0.2) is 60.2 Å². The number of piperazine rings is 1. The van der Waals surface area contributed by atoms with Gasteiger partial charge in [0.15, 0.2) is 0 Å². The lowest BCUT2D eigenvalue weighted by Crippen LogP contribution is -2.47. The molecule has 0 bridgehead atoms. The number of nitrogens with one attached hydrogen (secondary N) is 1. The number of aliphatic hydroxyl groups excluding tert-OH is 1. The van der Waals surface area contributed by atoms with Gasteiger partial charge in [0.2, 0.25) is 5.91 Å². The maximum Gasteiger partial charge on any atom is 0.220 e. The lowest BCUT2D eigenvalue weighted by molar-refractivity contribution is -0.121. The molecule has 1 saturated heterocycles. The van der Waals surface area contributed by atoms with E-state index < -0.39 is 0 Å². The van der Waals surface area contributed by atoms with E-state index in [9.17, 15) is 4.79 Å². The molecule has 0 spiro atoms. The average molecular weight is 306 g/mol. The standard InChI is InChI=1S/C16H26N4O2/c1-3-16(22)17-13(2)14-5-4-6-15(18-14)20-9-7-19(8-10-20)11-12-21/h4-6,13,21H,3,7-12H2,1-2H3,(H,17,22)/t13-/m1/s1. The van der Waals surface area contributed by atoms with Gasteiger partial charge >= 0.3 is 0 Å². The molecule has 1 aromatic heterocycles. The summed E-state index contributed by atoms with van der Waals surface area (Å²) in [4.78, 5) is 20.7. The zero-order valence-electron chi connectivity index (χ0n) is 13.5. The number of carbonyl (C=O) groups is 1. The predicted octanol–water partition coefficient (Wildman–Crippen LogP) is 0.783. The van der Waals surface area contributed by atoms with E-state index in [0.717, 1.165) is 44.2 Å².